The molecule has 0 bridgehead atoms. The largest absolute Gasteiger partial charge is 0.0654 e. The smallest absolute Gasteiger partial charge is 0.000768 e. The van der Waals surface area contributed by atoms with Crippen molar-refractivity contribution in [2.24, 2.45) is 0 Å². The van der Waals surface area contributed by atoms with Gasteiger partial charge in [-0.3, -0.25) is 0 Å². The van der Waals surface area contributed by atoms with E-state index in [1.807, 2.05) is 0 Å². The second-order valence-corrected chi connectivity index (χ2v) is 13.0. The number of hydrogen-bond donors (Lipinski definition) is 0. The summed E-state index contributed by atoms with van der Waals surface area (Å²) in [7, 11) is 0. The van der Waals surface area contributed by atoms with Crippen LogP contribution in [0.2, 0.25) is 0 Å². The summed E-state index contributed by atoms with van der Waals surface area (Å²) >= 11 is 0. The lowest BCUT2D eigenvalue weighted by molar-refractivity contribution is 0.570. The highest BCUT2D eigenvalue weighted by Gasteiger charge is 2.30. The summed E-state index contributed by atoms with van der Waals surface area (Å²) in [5.74, 6) is 0. The predicted molar refractivity (Wildman–Crippen MR) is 176 cm³/mol. The normalized spacial score (nSPS) is 12.3. The molecule has 0 heterocycles. The molecule has 1 aliphatic rings. The van der Waals surface area contributed by atoms with Crippen LogP contribution in [0.15, 0.2) is 0 Å². The Morgan fingerprint density at radius 2 is 0.744 bits per heavy atom. The van der Waals surface area contributed by atoms with Gasteiger partial charge in [0.25, 0.3) is 0 Å². The fourth-order valence-corrected chi connectivity index (χ4v) is 7.37. The second kappa shape index (κ2) is 16.0. The van der Waals surface area contributed by atoms with E-state index in [-0.39, 0.29) is 0 Å². The van der Waals surface area contributed by atoms with E-state index in [0.717, 1.165) is 6.42 Å². The molecule has 0 nitrogen and oxygen atoms in total. The zero-order valence-corrected chi connectivity index (χ0v) is 27.4. The van der Waals surface area contributed by atoms with Gasteiger partial charge in [0.2, 0.25) is 0 Å². The number of rotatable bonds is 18. The Morgan fingerprint density at radius 1 is 0.359 bits per heavy atom. The molecule has 0 fully saturated rings. The second-order valence-electron chi connectivity index (χ2n) is 13.0. The summed E-state index contributed by atoms with van der Waals surface area (Å²) in [5, 5.41) is 0. The molecule has 0 aromatic heterocycles. The molecule has 0 saturated carbocycles. The molecule has 0 spiro atoms. The lowest BCUT2D eigenvalue weighted by Crippen LogP contribution is -2.06. The van der Waals surface area contributed by atoms with Crippen LogP contribution < -0.4 is 0 Å². The Labute approximate surface area is 243 Å². The summed E-state index contributed by atoms with van der Waals surface area (Å²) in [6.07, 6.45) is 26.2. The summed E-state index contributed by atoms with van der Waals surface area (Å²) < 4.78 is 0. The molecule has 2 aromatic rings. The maximum absolute atomic E-state index is 2.45. The molecule has 39 heavy (non-hydrogen) atoms. The Kier molecular flexibility index (Phi) is 13.1. The van der Waals surface area contributed by atoms with Crippen LogP contribution in [-0.4, -0.2) is 0 Å². The Balaban J connectivity index is 1.81. The topological polar surface area (TPSA) is 0 Å². The quantitative estimate of drug-likeness (QED) is 0.143. The van der Waals surface area contributed by atoms with Gasteiger partial charge in [-0.15, -0.1) is 0 Å². The van der Waals surface area contributed by atoms with E-state index in [4.69, 9.17) is 0 Å². The molecule has 0 N–H and O–H groups in total. The Morgan fingerprint density at radius 3 is 1.26 bits per heavy atom. The average molecular weight is 531 g/mol. The maximum Gasteiger partial charge on any atom is -0.000768 e. The van der Waals surface area contributed by atoms with E-state index in [9.17, 15) is 0 Å². The highest BCUT2D eigenvalue weighted by molar-refractivity contribution is 5.86. The first-order chi connectivity index (χ1) is 18.8. The van der Waals surface area contributed by atoms with E-state index in [2.05, 4.69) is 55.4 Å². The van der Waals surface area contributed by atoms with Gasteiger partial charge in [-0.2, -0.15) is 0 Å². The van der Waals surface area contributed by atoms with Crippen LogP contribution in [0.4, 0.5) is 0 Å². The monoisotopic (exact) mass is 530 g/mol. The molecule has 0 atom stereocenters. The van der Waals surface area contributed by atoms with Gasteiger partial charge < -0.3 is 0 Å². The SMILES string of the molecule is CCCCCCCCCCc1c(C)c(C)c2c(c1CCCCCCCCCC)Cc1c(C)c(C)c(C)c(C)c1-2. The van der Waals surface area contributed by atoms with Crippen molar-refractivity contribution in [3.05, 3.63) is 55.6 Å². The maximum atomic E-state index is 2.45. The molecule has 0 aliphatic heterocycles. The van der Waals surface area contributed by atoms with Gasteiger partial charge in [-0.1, -0.05) is 104 Å². The number of hydrogen-bond acceptors (Lipinski definition) is 0. The molecule has 0 radical (unpaired) electrons. The molecule has 218 valence electrons. The van der Waals surface area contributed by atoms with Crippen LogP contribution in [0.1, 0.15) is 172 Å². The van der Waals surface area contributed by atoms with Crippen LogP contribution in [-0.2, 0) is 19.3 Å². The van der Waals surface area contributed by atoms with E-state index >= 15 is 0 Å². The summed E-state index contributed by atoms with van der Waals surface area (Å²) in [4.78, 5) is 0. The van der Waals surface area contributed by atoms with Gasteiger partial charge in [0.05, 0.1) is 0 Å². The molecule has 0 unspecified atom stereocenters. The molecule has 0 amide bonds. The molecule has 0 saturated heterocycles. The zero-order chi connectivity index (χ0) is 28.4. The van der Waals surface area contributed by atoms with Crippen molar-refractivity contribution in [3.63, 3.8) is 0 Å². The van der Waals surface area contributed by atoms with Gasteiger partial charge in [0, 0.05) is 0 Å². The highest BCUT2D eigenvalue weighted by atomic mass is 14.3. The van der Waals surface area contributed by atoms with Crippen LogP contribution in [0, 0.1) is 41.5 Å². The fourth-order valence-electron chi connectivity index (χ4n) is 7.37. The minimum atomic E-state index is 1.16. The van der Waals surface area contributed by atoms with Crippen molar-refractivity contribution < 1.29 is 0 Å². The van der Waals surface area contributed by atoms with Gasteiger partial charge in [0.15, 0.2) is 0 Å². The first-order valence-corrected chi connectivity index (χ1v) is 17.1. The van der Waals surface area contributed by atoms with Gasteiger partial charge in [0.1, 0.15) is 0 Å². The Bertz CT molecular complexity index is 1070. The summed E-state index contributed by atoms with van der Waals surface area (Å²) in [5.41, 5.74) is 19.3. The third-order valence-corrected chi connectivity index (χ3v) is 10.4. The first kappa shape index (κ1) is 32.0. The van der Waals surface area contributed by atoms with E-state index in [1.165, 1.54) is 132 Å². The predicted octanol–water partition coefficient (Wildman–Crippen LogP) is 12.5. The third kappa shape index (κ3) is 7.80. The van der Waals surface area contributed by atoms with Crippen molar-refractivity contribution >= 4 is 0 Å². The van der Waals surface area contributed by atoms with Crippen molar-refractivity contribution in [1.29, 1.82) is 0 Å². The number of benzene rings is 2. The Hall–Kier alpha value is -1.56. The lowest BCUT2D eigenvalue weighted by Gasteiger charge is -2.22. The minimum absolute atomic E-state index is 1.16. The van der Waals surface area contributed by atoms with E-state index in [1.54, 1.807) is 50.1 Å². The van der Waals surface area contributed by atoms with E-state index < -0.39 is 0 Å². The highest BCUT2D eigenvalue weighted by Crippen LogP contribution is 2.48. The number of unbranched alkanes of at least 4 members (excludes halogenated alkanes) is 14. The molecule has 3 rings (SSSR count). The number of fused-ring (bicyclic) bond motifs is 3. The molecule has 1 aliphatic carbocycles. The van der Waals surface area contributed by atoms with Gasteiger partial charge >= 0.3 is 0 Å². The molecule has 0 heteroatoms. The van der Waals surface area contributed by atoms with Crippen LogP contribution in [0.5, 0.6) is 0 Å². The van der Waals surface area contributed by atoms with Crippen LogP contribution in [0.25, 0.3) is 11.1 Å². The third-order valence-electron chi connectivity index (χ3n) is 10.4. The van der Waals surface area contributed by atoms with Gasteiger partial charge in [-0.05, 0) is 140 Å². The molecular weight excluding hydrogens is 468 g/mol. The summed E-state index contributed by atoms with van der Waals surface area (Å²) in [6.45, 7) is 19.0. The van der Waals surface area contributed by atoms with Crippen LogP contribution >= 0.6 is 0 Å². The molecular formula is C39H62. The molecule has 2 aromatic carbocycles. The fraction of sp³-hybridized carbons (Fsp3) is 0.692. The van der Waals surface area contributed by atoms with E-state index in [0.29, 0.717) is 0 Å². The van der Waals surface area contributed by atoms with Crippen molar-refractivity contribution in [3.8, 4) is 11.1 Å². The minimum Gasteiger partial charge on any atom is -0.0654 e. The van der Waals surface area contributed by atoms with Gasteiger partial charge in [-0.25, -0.2) is 0 Å². The van der Waals surface area contributed by atoms with Crippen molar-refractivity contribution in [1.82, 2.24) is 0 Å². The summed E-state index contributed by atoms with van der Waals surface area (Å²) in [6, 6.07) is 0. The standard InChI is InChI=1S/C39H62/c1-9-11-13-15-17-19-21-23-25-34-31(6)33(8)39-37(35(34)26-24-22-20-18-16-14-12-10-2)27-36-30(5)28(3)29(4)32(7)38(36)39/h9-27H2,1-8H3. The lowest BCUT2D eigenvalue weighted by atomic mass is 9.82. The first-order valence-electron chi connectivity index (χ1n) is 17.1. The van der Waals surface area contributed by atoms with Crippen molar-refractivity contribution in [2.75, 3.05) is 0 Å². The van der Waals surface area contributed by atoms with Crippen LogP contribution in [0.3, 0.4) is 0 Å². The van der Waals surface area contributed by atoms with Crippen molar-refractivity contribution in [2.45, 2.75) is 177 Å². The zero-order valence-electron chi connectivity index (χ0n) is 27.4. The average Bonchev–Trinajstić information content (AvgIpc) is 3.34.